The molecule has 1 aliphatic heterocycles. The maximum Gasteiger partial charge on any atom is 0.269 e. The highest BCUT2D eigenvalue weighted by Gasteiger charge is 2.53. The van der Waals surface area contributed by atoms with Gasteiger partial charge in [0.15, 0.2) is 0 Å². The van der Waals surface area contributed by atoms with Gasteiger partial charge in [0.1, 0.15) is 30.0 Å². The van der Waals surface area contributed by atoms with Gasteiger partial charge in [0.05, 0.1) is 23.7 Å². The third-order valence-electron chi connectivity index (χ3n) is 4.50. The summed E-state index contributed by atoms with van der Waals surface area (Å²) in [7, 11) is 0. The quantitative estimate of drug-likeness (QED) is 0.175. The van der Waals surface area contributed by atoms with Crippen LogP contribution in [0.2, 0.25) is 0 Å². The first-order valence-corrected chi connectivity index (χ1v) is 8.75. The van der Waals surface area contributed by atoms with Crippen LogP contribution in [0.4, 0.5) is 5.69 Å². The third kappa shape index (κ3) is 5.84. The van der Waals surface area contributed by atoms with Crippen molar-refractivity contribution < 1.29 is 49.5 Å². The smallest absolute Gasteiger partial charge is 0.269 e. The van der Waals surface area contributed by atoms with Crippen LogP contribution in [0, 0.1) is 10.1 Å². The number of benzene rings is 1. The van der Waals surface area contributed by atoms with Crippen LogP contribution >= 0.6 is 0 Å². The van der Waals surface area contributed by atoms with Crippen LogP contribution in [-0.4, -0.2) is 80.1 Å². The van der Waals surface area contributed by atoms with Crippen molar-refractivity contribution in [2.75, 3.05) is 6.61 Å². The Balaban J connectivity index is 0.00000480. The number of amides is 1. The van der Waals surface area contributed by atoms with Gasteiger partial charge in [-0.05, 0) is 12.1 Å². The fourth-order valence-electron chi connectivity index (χ4n) is 3.05. The maximum atomic E-state index is 11.9. The van der Waals surface area contributed by atoms with E-state index in [9.17, 15) is 40.1 Å². The van der Waals surface area contributed by atoms with Crippen LogP contribution in [0.1, 0.15) is 13.3 Å². The molecule has 0 saturated carbocycles. The summed E-state index contributed by atoms with van der Waals surface area (Å²) in [5, 5.41) is 64.5. The van der Waals surface area contributed by atoms with Crippen molar-refractivity contribution in [3.8, 4) is 5.75 Å². The molecule has 1 aromatic carbocycles. The van der Waals surface area contributed by atoms with Crippen molar-refractivity contribution in [2.24, 2.45) is 0 Å². The first-order chi connectivity index (χ1) is 14.0. The SMILES string of the molecule is CC(=O)NC1C(O)CC(Oc2ccc([N+](=O)[O-])cc2)(C(=O)[O-])OC1C(O)C(O)CO.[NH4+]. The molecule has 0 aliphatic carbocycles. The van der Waals surface area contributed by atoms with E-state index >= 15 is 0 Å². The Morgan fingerprint density at radius 3 is 2.39 bits per heavy atom. The predicted octanol–water partition coefficient (Wildman–Crippen LogP) is -2.84. The van der Waals surface area contributed by atoms with E-state index in [1.807, 2.05) is 0 Å². The highest BCUT2D eigenvalue weighted by molar-refractivity contribution is 5.75. The molecule has 174 valence electrons. The summed E-state index contributed by atoms with van der Waals surface area (Å²) in [5.74, 6) is -5.45. The molecule has 1 aliphatic rings. The molecule has 0 bridgehead atoms. The van der Waals surface area contributed by atoms with Gasteiger partial charge in [-0.2, -0.15) is 0 Å². The van der Waals surface area contributed by atoms with Gasteiger partial charge in [-0.3, -0.25) is 14.9 Å². The van der Waals surface area contributed by atoms with Gasteiger partial charge in [-0.25, -0.2) is 0 Å². The molecular weight excluding hydrogens is 422 g/mol. The lowest BCUT2D eigenvalue weighted by atomic mass is 9.88. The molecule has 1 heterocycles. The third-order valence-corrected chi connectivity index (χ3v) is 4.50. The zero-order valence-electron chi connectivity index (χ0n) is 16.7. The Labute approximate surface area is 175 Å². The number of aliphatic hydroxyl groups excluding tert-OH is 4. The van der Waals surface area contributed by atoms with Crippen molar-refractivity contribution in [3.05, 3.63) is 34.4 Å². The van der Waals surface area contributed by atoms with Gasteiger partial charge in [-0.15, -0.1) is 0 Å². The molecule has 1 amide bonds. The van der Waals surface area contributed by atoms with Crippen LogP contribution in [0.5, 0.6) is 5.75 Å². The van der Waals surface area contributed by atoms with Crippen molar-refractivity contribution in [2.45, 2.75) is 49.6 Å². The van der Waals surface area contributed by atoms with E-state index in [-0.39, 0.29) is 17.6 Å². The summed E-state index contributed by atoms with van der Waals surface area (Å²) in [6.07, 6.45) is -7.84. The lowest BCUT2D eigenvalue weighted by Crippen LogP contribution is -2.70. The Morgan fingerprint density at radius 2 is 1.94 bits per heavy atom. The molecule has 0 radical (unpaired) electrons. The molecule has 2 rings (SSSR count). The first-order valence-electron chi connectivity index (χ1n) is 8.75. The summed E-state index contributed by atoms with van der Waals surface area (Å²) in [6, 6.07) is 2.91. The Kier molecular flexibility index (Phi) is 8.80. The van der Waals surface area contributed by atoms with Crippen molar-refractivity contribution >= 4 is 17.6 Å². The molecule has 1 aromatic rings. The summed E-state index contributed by atoms with van der Waals surface area (Å²) in [5.41, 5.74) is -0.292. The number of ether oxygens (including phenoxy) is 2. The Bertz CT molecular complexity index is 790. The molecule has 6 atom stereocenters. The highest BCUT2D eigenvalue weighted by Crippen LogP contribution is 2.34. The lowest BCUT2D eigenvalue weighted by molar-refractivity contribution is -0.385. The summed E-state index contributed by atoms with van der Waals surface area (Å²) >= 11 is 0. The molecule has 31 heavy (non-hydrogen) atoms. The van der Waals surface area contributed by atoms with E-state index < -0.39 is 66.1 Å². The second-order valence-corrected chi connectivity index (χ2v) is 6.71. The van der Waals surface area contributed by atoms with Gasteiger partial charge >= 0.3 is 0 Å². The van der Waals surface area contributed by atoms with Crippen molar-refractivity contribution in [1.29, 1.82) is 0 Å². The highest BCUT2D eigenvalue weighted by atomic mass is 16.7. The van der Waals surface area contributed by atoms with Gasteiger partial charge in [0.25, 0.3) is 11.5 Å². The number of carboxylic acid groups (broad SMARTS) is 1. The zero-order valence-corrected chi connectivity index (χ0v) is 16.7. The Morgan fingerprint density at radius 1 is 1.35 bits per heavy atom. The summed E-state index contributed by atoms with van der Waals surface area (Å²) in [4.78, 5) is 33.4. The summed E-state index contributed by atoms with van der Waals surface area (Å²) < 4.78 is 10.7. The fraction of sp³-hybridized carbons (Fsp3) is 0.529. The predicted molar refractivity (Wildman–Crippen MR) is 99.6 cm³/mol. The number of carbonyl (C=O) groups is 2. The number of rotatable bonds is 8. The largest absolute Gasteiger partial charge is 0.543 e. The number of nitro benzene ring substituents is 1. The molecule has 0 spiro atoms. The van der Waals surface area contributed by atoms with E-state index in [4.69, 9.17) is 14.6 Å². The molecule has 0 aromatic heterocycles. The number of aliphatic carboxylic acids is 1. The van der Waals surface area contributed by atoms with Gasteiger partial charge < -0.3 is 51.3 Å². The number of nitrogens with one attached hydrogen (secondary N) is 1. The minimum Gasteiger partial charge on any atom is -0.543 e. The lowest BCUT2D eigenvalue weighted by Gasteiger charge is -2.48. The normalized spacial score (nSPS) is 27.3. The Hall–Kier alpha value is -2.88. The number of carbonyl (C=O) groups excluding carboxylic acids is 2. The van der Waals surface area contributed by atoms with E-state index in [0.29, 0.717) is 0 Å². The second kappa shape index (κ2) is 10.4. The first kappa shape index (κ1) is 26.2. The van der Waals surface area contributed by atoms with Crippen LogP contribution in [0.15, 0.2) is 24.3 Å². The number of nitro groups is 1. The van der Waals surface area contributed by atoms with Gasteiger partial charge in [0, 0.05) is 25.5 Å². The van der Waals surface area contributed by atoms with E-state index in [2.05, 4.69) is 5.32 Å². The van der Waals surface area contributed by atoms with Crippen molar-refractivity contribution in [1.82, 2.24) is 11.5 Å². The van der Waals surface area contributed by atoms with Crippen molar-refractivity contribution in [3.63, 3.8) is 0 Å². The standard InChI is InChI=1S/C17H22N2O11.H3N/c1-8(21)18-13-11(22)6-17(16(25)26,30-15(13)14(24)12(23)7-20)29-10-4-2-9(3-5-10)19(27)28;/h2-5,11-15,20,22-24H,6-7H2,1H3,(H,18,21)(H,25,26);1H3. The van der Waals surface area contributed by atoms with Gasteiger partial charge in [-0.1, -0.05) is 0 Å². The molecule has 9 N–H and O–H groups in total. The minimum absolute atomic E-state index is 0. The zero-order chi connectivity index (χ0) is 22.6. The minimum atomic E-state index is -2.68. The van der Waals surface area contributed by atoms with Crippen LogP contribution in [-0.2, 0) is 14.3 Å². The fourth-order valence-corrected chi connectivity index (χ4v) is 3.05. The average molecular weight is 447 g/mol. The van der Waals surface area contributed by atoms with Crippen LogP contribution in [0.25, 0.3) is 0 Å². The molecule has 6 unspecified atom stereocenters. The molecule has 1 saturated heterocycles. The number of hydrogen-bond acceptors (Lipinski definition) is 11. The number of hydrogen-bond donors (Lipinski definition) is 6. The van der Waals surface area contributed by atoms with Crippen LogP contribution < -0.4 is 21.3 Å². The number of non-ortho nitro benzene ring substituents is 1. The topological polar surface area (TPSA) is 248 Å². The summed E-state index contributed by atoms with van der Waals surface area (Å²) in [6.45, 7) is 0.179. The number of carboxylic acids is 1. The molecule has 1 fully saturated rings. The second-order valence-electron chi connectivity index (χ2n) is 6.71. The molecular formula is C17H25N3O11. The number of quaternary nitrogens is 1. The van der Waals surface area contributed by atoms with E-state index in [1.165, 1.54) is 0 Å². The van der Waals surface area contributed by atoms with E-state index in [1.54, 1.807) is 0 Å². The molecule has 14 heteroatoms. The average Bonchev–Trinajstić information content (AvgIpc) is 2.68. The monoisotopic (exact) mass is 447 g/mol. The van der Waals surface area contributed by atoms with Gasteiger partial charge in [0.2, 0.25) is 5.91 Å². The van der Waals surface area contributed by atoms with E-state index in [0.717, 1.165) is 31.2 Å². The maximum absolute atomic E-state index is 11.9. The van der Waals surface area contributed by atoms with Crippen LogP contribution in [0.3, 0.4) is 0 Å². The number of nitrogens with zero attached hydrogens (tertiary/aromatic N) is 1. The number of aliphatic hydroxyl groups is 4. The molecule has 14 nitrogen and oxygen atoms in total.